The van der Waals surface area contributed by atoms with Crippen molar-refractivity contribution in [3.05, 3.63) is 54.0 Å². The number of hydrogen-bond donors (Lipinski definition) is 2. The number of carbonyl (C=O) groups excluding carboxylic acids is 2. The van der Waals surface area contributed by atoms with Gasteiger partial charge in [-0.1, -0.05) is 12.5 Å². The minimum atomic E-state index is -1.23. The van der Waals surface area contributed by atoms with Gasteiger partial charge in [-0.2, -0.15) is 0 Å². The van der Waals surface area contributed by atoms with E-state index >= 15 is 0 Å². The molecule has 2 fully saturated rings. The lowest BCUT2D eigenvalue weighted by Crippen LogP contribution is -2.45. The molecule has 38 heavy (non-hydrogen) atoms. The molecule has 0 radical (unpaired) electrons. The lowest BCUT2D eigenvalue weighted by atomic mass is 9.74. The molecule has 10 heteroatoms. The standard InChI is InChI=1S/C28H38N4O6/c1-37-25-6-4-5-22(30-25)26(35)32-15-3-2-10-28(27(36)38-20-24(34)23(33)9-16-32)11-17-31(18-12-28)19-21-7-13-29-14-8-21/h4-8,13-14,23-24,33-34H,2-3,9-12,15-20H2,1H3/t23-,24+/m0/s1. The summed E-state index contributed by atoms with van der Waals surface area (Å²) in [4.78, 5) is 38.9. The van der Waals surface area contributed by atoms with Gasteiger partial charge in [-0.15, -0.1) is 0 Å². The van der Waals surface area contributed by atoms with Gasteiger partial charge < -0.3 is 24.6 Å². The lowest BCUT2D eigenvalue weighted by molar-refractivity contribution is -0.165. The number of nitrogens with zero attached hydrogens (tertiary/aromatic N) is 4. The number of aliphatic hydroxyl groups excluding tert-OH is 2. The third-order valence-corrected chi connectivity index (χ3v) is 7.70. The van der Waals surface area contributed by atoms with Crippen LogP contribution in [-0.4, -0.2) is 94.0 Å². The molecule has 2 aromatic heterocycles. The van der Waals surface area contributed by atoms with E-state index in [1.54, 1.807) is 35.5 Å². The van der Waals surface area contributed by atoms with Crippen molar-refractivity contribution in [1.29, 1.82) is 0 Å². The first-order valence-electron chi connectivity index (χ1n) is 13.4. The second kappa shape index (κ2) is 13.1. The van der Waals surface area contributed by atoms with Crippen molar-refractivity contribution < 1.29 is 29.3 Å². The van der Waals surface area contributed by atoms with Gasteiger partial charge in [0, 0.05) is 38.1 Å². The molecule has 2 N–H and O–H groups in total. The number of piperidine rings is 1. The van der Waals surface area contributed by atoms with Crippen LogP contribution in [0.2, 0.25) is 0 Å². The average Bonchev–Trinajstić information content (AvgIpc) is 2.96. The van der Waals surface area contributed by atoms with Gasteiger partial charge >= 0.3 is 5.97 Å². The molecule has 10 nitrogen and oxygen atoms in total. The first kappa shape index (κ1) is 27.9. The van der Waals surface area contributed by atoms with Gasteiger partial charge in [0.1, 0.15) is 18.4 Å². The number of pyridine rings is 2. The van der Waals surface area contributed by atoms with E-state index in [1.807, 2.05) is 12.1 Å². The number of amides is 1. The van der Waals surface area contributed by atoms with Gasteiger partial charge in [-0.3, -0.25) is 19.5 Å². The maximum atomic E-state index is 13.3. The molecule has 4 heterocycles. The number of esters is 1. The number of rotatable bonds is 4. The van der Waals surface area contributed by atoms with Crippen LogP contribution in [0.4, 0.5) is 0 Å². The number of aromatic nitrogens is 2. The van der Waals surface area contributed by atoms with E-state index in [-0.39, 0.29) is 37.1 Å². The van der Waals surface area contributed by atoms with Crippen molar-refractivity contribution in [3.8, 4) is 5.88 Å². The summed E-state index contributed by atoms with van der Waals surface area (Å²) in [5, 5.41) is 21.0. The summed E-state index contributed by atoms with van der Waals surface area (Å²) in [7, 11) is 1.50. The molecule has 1 spiro atoms. The Labute approximate surface area is 223 Å². The number of likely N-dealkylation sites (tertiary alicyclic amines) is 1. The van der Waals surface area contributed by atoms with Crippen molar-refractivity contribution >= 4 is 11.9 Å². The predicted octanol–water partition coefficient (Wildman–Crippen LogP) is 2.05. The van der Waals surface area contributed by atoms with Crippen molar-refractivity contribution in [2.75, 3.05) is 39.9 Å². The summed E-state index contributed by atoms with van der Waals surface area (Å²) >= 11 is 0. The van der Waals surface area contributed by atoms with Crippen LogP contribution in [0.3, 0.4) is 0 Å². The van der Waals surface area contributed by atoms with Crippen molar-refractivity contribution in [3.63, 3.8) is 0 Å². The summed E-state index contributed by atoms with van der Waals surface area (Å²) in [5.41, 5.74) is 0.803. The number of aliphatic hydroxyl groups is 2. The highest BCUT2D eigenvalue weighted by Gasteiger charge is 2.42. The Hall–Kier alpha value is -3.08. The maximum Gasteiger partial charge on any atom is 0.312 e. The van der Waals surface area contributed by atoms with Crippen molar-refractivity contribution in [2.45, 2.75) is 57.3 Å². The molecule has 0 aliphatic carbocycles. The Kier molecular flexibility index (Phi) is 9.65. The van der Waals surface area contributed by atoms with Gasteiger partial charge in [0.15, 0.2) is 0 Å². The quantitative estimate of drug-likeness (QED) is 0.576. The van der Waals surface area contributed by atoms with Crippen LogP contribution in [0.1, 0.15) is 54.6 Å². The molecule has 2 aliphatic heterocycles. The third-order valence-electron chi connectivity index (χ3n) is 7.70. The number of carbonyl (C=O) groups is 2. The van der Waals surface area contributed by atoms with Crippen LogP contribution in [0, 0.1) is 5.41 Å². The fourth-order valence-corrected chi connectivity index (χ4v) is 5.24. The molecule has 4 rings (SSSR count). The maximum absolute atomic E-state index is 13.3. The van der Waals surface area contributed by atoms with E-state index in [0.29, 0.717) is 38.1 Å². The van der Waals surface area contributed by atoms with E-state index in [4.69, 9.17) is 9.47 Å². The zero-order valence-electron chi connectivity index (χ0n) is 22.0. The first-order chi connectivity index (χ1) is 18.4. The fourth-order valence-electron chi connectivity index (χ4n) is 5.24. The van der Waals surface area contributed by atoms with Crippen LogP contribution in [0.15, 0.2) is 42.7 Å². The molecule has 2 saturated heterocycles. The van der Waals surface area contributed by atoms with Crippen molar-refractivity contribution in [1.82, 2.24) is 19.8 Å². The SMILES string of the molecule is COc1cccc(C(=O)N2CCCCC3(CCN(Cc4ccncc4)CC3)C(=O)OC[C@@H](O)[C@@H](O)CC2)n1. The highest BCUT2D eigenvalue weighted by Crippen LogP contribution is 2.38. The number of methoxy groups -OCH3 is 1. The van der Waals surface area contributed by atoms with E-state index in [0.717, 1.165) is 26.1 Å². The molecular weight excluding hydrogens is 488 g/mol. The largest absolute Gasteiger partial charge is 0.481 e. The van der Waals surface area contributed by atoms with E-state index in [9.17, 15) is 19.8 Å². The van der Waals surface area contributed by atoms with Crippen LogP contribution >= 0.6 is 0 Å². The number of hydrogen-bond acceptors (Lipinski definition) is 9. The Morgan fingerprint density at radius 1 is 1.05 bits per heavy atom. The van der Waals surface area contributed by atoms with Crippen LogP contribution < -0.4 is 4.74 Å². The molecule has 2 atom stereocenters. The average molecular weight is 527 g/mol. The zero-order valence-corrected chi connectivity index (χ0v) is 22.0. The third kappa shape index (κ3) is 7.06. The Bertz CT molecular complexity index is 1060. The van der Waals surface area contributed by atoms with Gasteiger partial charge in [-0.05, 0) is 69.0 Å². The molecule has 2 aliphatic rings. The van der Waals surface area contributed by atoms with E-state index < -0.39 is 17.6 Å². The fraction of sp³-hybridized carbons (Fsp3) is 0.571. The Morgan fingerprint density at radius 2 is 1.82 bits per heavy atom. The van der Waals surface area contributed by atoms with Crippen molar-refractivity contribution in [2.24, 2.45) is 5.41 Å². The van der Waals surface area contributed by atoms with E-state index in [2.05, 4.69) is 14.9 Å². The summed E-state index contributed by atoms with van der Waals surface area (Å²) in [5.74, 6) is -0.211. The topological polar surface area (TPSA) is 125 Å². The smallest absolute Gasteiger partial charge is 0.312 e. The second-order valence-corrected chi connectivity index (χ2v) is 10.2. The summed E-state index contributed by atoms with van der Waals surface area (Å²) < 4.78 is 10.7. The molecule has 0 bridgehead atoms. The molecule has 0 unspecified atom stereocenters. The van der Waals surface area contributed by atoms with Gasteiger partial charge in [-0.25, -0.2) is 4.98 Å². The summed E-state index contributed by atoms with van der Waals surface area (Å²) in [6, 6.07) is 9.02. The molecule has 1 amide bonds. The number of ether oxygens (including phenoxy) is 2. The molecule has 2 aromatic rings. The number of cyclic esters (lactones) is 1. The van der Waals surface area contributed by atoms with E-state index in [1.165, 1.54) is 12.7 Å². The van der Waals surface area contributed by atoms with Crippen LogP contribution in [0.25, 0.3) is 0 Å². The lowest BCUT2D eigenvalue weighted by Gasteiger charge is -2.40. The van der Waals surface area contributed by atoms with Gasteiger partial charge in [0.2, 0.25) is 5.88 Å². The Morgan fingerprint density at radius 3 is 2.55 bits per heavy atom. The zero-order chi connectivity index (χ0) is 27.0. The first-order valence-corrected chi connectivity index (χ1v) is 13.4. The monoisotopic (exact) mass is 526 g/mol. The summed E-state index contributed by atoms with van der Waals surface area (Å²) in [6.45, 7) is 2.75. The van der Waals surface area contributed by atoms with Crippen LogP contribution in [-0.2, 0) is 16.1 Å². The highest BCUT2D eigenvalue weighted by molar-refractivity contribution is 5.92. The Balaban J connectivity index is 1.44. The normalized spacial score (nSPS) is 23.6. The summed E-state index contributed by atoms with van der Waals surface area (Å²) in [6.07, 6.45) is 4.78. The molecule has 0 aromatic carbocycles. The predicted molar refractivity (Wildman–Crippen MR) is 139 cm³/mol. The molecule has 206 valence electrons. The van der Waals surface area contributed by atoms with Crippen LogP contribution in [0.5, 0.6) is 5.88 Å². The minimum absolute atomic E-state index is 0.156. The molecule has 0 saturated carbocycles. The molecular formula is C28H38N4O6. The van der Waals surface area contributed by atoms with Gasteiger partial charge in [0.05, 0.1) is 18.6 Å². The minimum Gasteiger partial charge on any atom is -0.481 e. The second-order valence-electron chi connectivity index (χ2n) is 10.2. The van der Waals surface area contributed by atoms with Gasteiger partial charge in [0.25, 0.3) is 5.91 Å². The highest BCUT2D eigenvalue weighted by atomic mass is 16.5.